The van der Waals surface area contributed by atoms with Gasteiger partial charge in [0.1, 0.15) is 22.9 Å². The van der Waals surface area contributed by atoms with Crippen LogP contribution in [0.15, 0.2) is 40.9 Å². The lowest BCUT2D eigenvalue weighted by atomic mass is 10.2. The maximum absolute atomic E-state index is 6.09. The molecule has 0 amide bonds. The van der Waals surface area contributed by atoms with Gasteiger partial charge in [-0.05, 0) is 52.7 Å². The monoisotopic (exact) mass is 351 g/mol. The molecule has 2 aromatic rings. The first-order chi connectivity index (χ1) is 10.2. The summed E-state index contributed by atoms with van der Waals surface area (Å²) in [7, 11) is 1.62. The second kappa shape index (κ2) is 7.22. The maximum Gasteiger partial charge on any atom is 0.154 e. The number of anilines is 1. The van der Waals surface area contributed by atoms with Crippen LogP contribution in [0.5, 0.6) is 23.0 Å². The average Bonchev–Trinajstić information content (AvgIpc) is 2.50. The van der Waals surface area contributed by atoms with Gasteiger partial charge in [0.2, 0.25) is 0 Å². The zero-order valence-corrected chi connectivity index (χ0v) is 13.6. The summed E-state index contributed by atoms with van der Waals surface area (Å²) in [6, 6.07) is 11.0. The van der Waals surface area contributed by atoms with E-state index in [4.69, 9.17) is 19.9 Å². The van der Waals surface area contributed by atoms with Gasteiger partial charge in [0, 0.05) is 0 Å². The zero-order chi connectivity index (χ0) is 15.2. The highest BCUT2D eigenvalue weighted by molar-refractivity contribution is 9.10. The lowest BCUT2D eigenvalue weighted by Gasteiger charge is -2.14. The Bertz CT molecular complexity index is 616. The van der Waals surface area contributed by atoms with Crippen LogP contribution in [0.3, 0.4) is 0 Å². The predicted octanol–water partition coefficient (Wildman–Crippen LogP) is 4.62. The van der Waals surface area contributed by atoms with Gasteiger partial charge in [-0.1, -0.05) is 13.0 Å². The molecular formula is C16H18BrNO3. The molecule has 0 aliphatic heterocycles. The van der Waals surface area contributed by atoms with Gasteiger partial charge in [-0.25, -0.2) is 0 Å². The maximum atomic E-state index is 6.09. The van der Waals surface area contributed by atoms with Gasteiger partial charge in [0.25, 0.3) is 0 Å². The smallest absolute Gasteiger partial charge is 0.154 e. The van der Waals surface area contributed by atoms with E-state index in [1.54, 1.807) is 7.11 Å². The third kappa shape index (κ3) is 3.82. The van der Waals surface area contributed by atoms with Crippen LogP contribution in [0.1, 0.15) is 13.3 Å². The van der Waals surface area contributed by atoms with E-state index in [2.05, 4.69) is 15.9 Å². The highest BCUT2D eigenvalue weighted by Gasteiger charge is 2.10. The Labute approximate surface area is 132 Å². The molecule has 4 nitrogen and oxygen atoms in total. The van der Waals surface area contributed by atoms with E-state index in [-0.39, 0.29) is 0 Å². The van der Waals surface area contributed by atoms with Crippen molar-refractivity contribution in [3.05, 3.63) is 40.9 Å². The fourth-order valence-electron chi connectivity index (χ4n) is 1.76. The zero-order valence-electron chi connectivity index (χ0n) is 12.1. The lowest BCUT2D eigenvalue weighted by molar-refractivity contribution is 0.318. The summed E-state index contributed by atoms with van der Waals surface area (Å²) in [4.78, 5) is 0. The highest BCUT2D eigenvalue weighted by Crippen LogP contribution is 2.38. The Morgan fingerprint density at radius 3 is 2.52 bits per heavy atom. The number of nitrogens with two attached hydrogens (primary N) is 1. The van der Waals surface area contributed by atoms with Crippen molar-refractivity contribution in [2.24, 2.45) is 0 Å². The van der Waals surface area contributed by atoms with Crippen LogP contribution >= 0.6 is 15.9 Å². The molecule has 0 atom stereocenters. The third-order valence-electron chi connectivity index (χ3n) is 2.85. The van der Waals surface area contributed by atoms with E-state index in [0.717, 1.165) is 16.6 Å². The van der Waals surface area contributed by atoms with Gasteiger partial charge in [-0.2, -0.15) is 0 Å². The molecule has 2 rings (SSSR count). The molecule has 21 heavy (non-hydrogen) atoms. The number of para-hydroxylation sites is 1. The first-order valence-electron chi connectivity index (χ1n) is 6.68. The van der Waals surface area contributed by atoms with Crippen LogP contribution in [0.25, 0.3) is 0 Å². The van der Waals surface area contributed by atoms with Crippen molar-refractivity contribution in [2.75, 3.05) is 19.5 Å². The minimum atomic E-state index is 0.494. The van der Waals surface area contributed by atoms with Crippen LogP contribution in [0.2, 0.25) is 0 Å². The number of ether oxygens (including phenoxy) is 3. The van der Waals surface area contributed by atoms with Crippen molar-refractivity contribution in [1.29, 1.82) is 0 Å². The van der Waals surface area contributed by atoms with Crippen LogP contribution < -0.4 is 19.9 Å². The molecule has 112 valence electrons. The fourth-order valence-corrected chi connectivity index (χ4v) is 2.20. The lowest BCUT2D eigenvalue weighted by Crippen LogP contribution is -2.00. The molecule has 0 unspecified atom stereocenters. The Balaban J connectivity index is 2.23. The normalized spacial score (nSPS) is 10.2. The van der Waals surface area contributed by atoms with E-state index in [0.29, 0.717) is 29.5 Å². The molecule has 0 bridgehead atoms. The highest BCUT2D eigenvalue weighted by atomic mass is 79.9. The van der Waals surface area contributed by atoms with Crippen molar-refractivity contribution in [1.82, 2.24) is 0 Å². The Morgan fingerprint density at radius 1 is 1.10 bits per heavy atom. The molecule has 0 heterocycles. The quantitative estimate of drug-likeness (QED) is 0.771. The topological polar surface area (TPSA) is 53.7 Å². The predicted molar refractivity (Wildman–Crippen MR) is 87.4 cm³/mol. The van der Waals surface area contributed by atoms with Crippen LogP contribution in [0, 0.1) is 0 Å². The summed E-state index contributed by atoms with van der Waals surface area (Å²) in [5, 5.41) is 0. The molecule has 5 heteroatoms. The number of hydrogen-bond acceptors (Lipinski definition) is 4. The minimum Gasteiger partial charge on any atom is -0.497 e. The molecule has 0 saturated carbocycles. The second-order valence-corrected chi connectivity index (χ2v) is 5.27. The van der Waals surface area contributed by atoms with Gasteiger partial charge in [-0.15, -0.1) is 0 Å². The van der Waals surface area contributed by atoms with Gasteiger partial charge in [0.15, 0.2) is 5.75 Å². The van der Waals surface area contributed by atoms with Crippen LogP contribution in [-0.4, -0.2) is 13.7 Å². The molecule has 0 saturated heterocycles. The van der Waals surface area contributed by atoms with E-state index >= 15 is 0 Å². The molecular weight excluding hydrogens is 334 g/mol. The summed E-state index contributed by atoms with van der Waals surface area (Å²) >= 11 is 3.45. The van der Waals surface area contributed by atoms with E-state index in [9.17, 15) is 0 Å². The van der Waals surface area contributed by atoms with Gasteiger partial charge in [-0.3, -0.25) is 0 Å². The molecule has 0 aliphatic carbocycles. The van der Waals surface area contributed by atoms with E-state index in [1.165, 1.54) is 0 Å². The number of halogens is 1. The Hall–Kier alpha value is -1.88. The number of methoxy groups -OCH3 is 1. The Morgan fingerprint density at radius 2 is 1.86 bits per heavy atom. The average molecular weight is 352 g/mol. The summed E-state index contributed by atoms with van der Waals surface area (Å²) < 4.78 is 17.4. The van der Waals surface area contributed by atoms with Gasteiger partial charge >= 0.3 is 0 Å². The first-order valence-corrected chi connectivity index (χ1v) is 7.47. The Kier molecular flexibility index (Phi) is 5.33. The van der Waals surface area contributed by atoms with Crippen molar-refractivity contribution < 1.29 is 14.2 Å². The largest absolute Gasteiger partial charge is 0.497 e. The molecule has 2 aromatic carbocycles. The molecule has 0 aliphatic rings. The van der Waals surface area contributed by atoms with Gasteiger partial charge in [0.05, 0.1) is 18.2 Å². The molecule has 0 spiro atoms. The summed E-state index contributed by atoms with van der Waals surface area (Å²) in [5.74, 6) is 2.62. The van der Waals surface area contributed by atoms with Crippen molar-refractivity contribution in [3.8, 4) is 23.0 Å². The van der Waals surface area contributed by atoms with E-state index in [1.807, 2.05) is 43.3 Å². The summed E-state index contributed by atoms with van der Waals surface area (Å²) in [6.07, 6.45) is 0.925. The number of rotatable bonds is 6. The molecule has 0 radical (unpaired) electrons. The third-order valence-corrected chi connectivity index (χ3v) is 3.47. The molecule has 2 N–H and O–H groups in total. The summed E-state index contributed by atoms with van der Waals surface area (Å²) in [5.41, 5.74) is 6.58. The van der Waals surface area contributed by atoms with Crippen molar-refractivity contribution in [2.45, 2.75) is 13.3 Å². The van der Waals surface area contributed by atoms with Gasteiger partial charge < -0.3 is 19.9 Å². The van der Waals surface area contributed by atoms with E-state index < -0.39 is 0 Å². The molecule has 0 fully saturated rings. The van der Waals surface area contributed by atoms with Crippen molar-refractivity contribution >= 4 is 21.6 Å². The summed E-state index contributed by atoms with van der Waals surface area (Å²) in [6.45, 7) is 2.67. The number of nitrogen functional groups attached to an aromatic ring is 1. The fraction of sp³-hybridized carbons (Fsp3) is 0.250. The minimum absolute atomic E-state index is 0.494. The van der Waals surface area contributed by atoms with Crippen molar-refractivity contribution in [3.63, 3.8) is 0 Å². The number of hydrogen-bond donors (Lipinski definition) is 1. The number of benzene rings is 2. The van der Waals surface area contributed by atoms with Crippen LogP contribution in [0.4, 0.5) is 5.69 Å². The first kappa shape index (κ1) is 15.5. The SMILES string of the molecule is CCCOc1cccc(Oc2ccc(OC)cc2Br)c1N. The van der Waals surface area contributed by atoms with Crippen LogP contribution in [-0.2, 0) is 0 Å². The molecule has 0 aromatic heterocycles. The standard InChI is InChI=1S/C16H18BrNO3/c1-3-9-20-14-5-4-6-15(16(14)18)21-13-8-7-11(19-2)10-12(13)17/h4-8,10H,3,9,18H2,1-2H3. The second-order valence-electron chi connectivity index (χ2n) is 4.41.